The fourth-order valence-electron chi connectivity index (χ4n) is 2.01. The lowest BCUT2D eigenvalue weighted by molar-refractivity contribution is -0.121. The average Bonchev–Trinajstić information content (AvgIpc) is 2.50. The second-order valence-electron chi connectivity index (χ2n) is 5.27. The van der Waals surface area contributed by atoms with E-state index < -0.39 is 0 Å². The predicted molar refractivity (Wildman–Crippen MR) is 84.3 cm³/mol. The maximum Gasteiger partial charge on any atom is 0.223 e. The first-order chi connectivity index (χ1) is 10.5. The van der Waals surface area contributed by atoms with E-state index in [4.69, 9.17) is 4.74 Å². The average molecular weight is 301 g/mol. The molecule has 2 aromatic rings. The minimum absolute atomic E-state index is 0.0883. The van der Waals surface area contributed by atoms with Crippen LogP contribution in [0.25, 0.3) is 0 Å². The van der Waals surface area contributed by atoms with Crippen LogP contribution < -0.4 is 10.1 Å². The Bertz CT molecular complexity index is 638. The van der Waals surface area contributed by atoms with Crippen molar-refractivity contribution >= 4 is 5.91 Å². The standard InChI is InChI=1S/C18H20FNO2/c1-13-3-4-14(2)17(11-13)22-10-9-18(21)20-12-15-5-7-16(19)8-6-15/h3-8,11H,9-10,12H2,1-2H3,(H,20,21). The molecule has 0 unspecified atom stereocenters. The van der Waals surface area contributed by atoms with Crippen LogP contribution in [0.5, 0.6) is 5.75 Å². The highest BCUT2D eigenvalue weighted by atomic mass is 19.1. The molecule has 22 heavy (non-hydrogen) atoms. The van der Waals surface area contributed by atoms with Gasteiger partial charge in [-0.05, 0) is 48.7 Å². The summed E-state index contributed by atoms with van der Waals surface area (Å²) in [7, 11) is 0. The molecule has 0 atom stereocenters. The van der Waals surface area contributed by atoms with Gasteiger partial charge in [0.15, 0.2) is 0 Å². The molecule has 4 heteroatoms. The highest BCUT2D eigenvalue weighted by molar-refractivity contribution is 5.76. The topological polar surface area (TPSA) is 38.3 Å². The molecular weight excluding hydrogens is 281 g/mol. The molecule has 0 aliphatic carbocycles. The second-order valence-corrected chi connectivity index (χ2v) is 5.27. The van der Waals surface area contributed by atoms with Crippen LogP contribution in [0.4, 0.5) is 4.39 Å². The Morgan fingerprint density at radius 2 is 1.86 bits per heavy atom. The van der Waals surface area contributed by atoms with Gasteiger partial charge < -0.3 is 10.1 Å². The number of halogens is 1. The summed E-state index contributed by atoms with van der Waals surface area (Å²) in [6, 6.07) is 12.1. The van der Waals surface area contributed by atoms with Crippen molar-refractivity contribution in [1.82, 2.24) is 5.32 Å². The second kappa shape index (κ2) is 7.59. The molecule has 0 aliphatic rings. The monoisotopic (exact) mass is 301 g/mol. The lowest BCUT2D eigenvalue weighted by Crippen LogP contribution is -2.24. The predicted octanol–water partition coefficient (Wildman–Crippen LogP) is 3.53. The fourth-order valence-corrected chi connectivity index (χ4v) is 2.01. The van der Waals surface area contributed by atoms with Crippen LogP contribution in [0.3, 0.4) is 0 Å². The normalized spacial score (nSPS) is 10.3. The van der Waals surface area contributed by atoms with E-state index in [9.17, 15) is 9.18 Å². The Morgan fingerprint density at radius 3 is 2.59 bits per heavy atom. The van der Waals surface area contributed by atoms with E-state index >= 15 is 0 Å². The molecule has 0 aliphatic heterocycles. The maximum absolute atomic E-state index is 12.8. The largest absolute Gasteiger partial charge is 0.493 e. The quantitative estimate of drug-likeness (QED) is 0.886. The van der Waals surface area contributed by atoms with Crippen molar-refractivity contribution in [3.8, 4) is 5.75 Å². The SMILES string of the molecule is Cc1ccc(C)c(OCCC(=O)NCc2ccc(F)cc2)c1. The van der Waals surface area contributed by atoms with E-state index in [1.54, 1.807) is 12.1 Å². The Kier molecular flexibility index (Phi) is 5.53. The highest BCUT2D eigenvalue weighted by Gasteiger charge is 2.04. The molecule has 1 N–H and O–H groups in total. The molecule has 116 valence electrons. The van der Waals surface area contributed by atoms with Crippen molar-refractivity contribution < 1.29 is 13.9 Å². The van der Waals surface area contributed by atoms with Crippen LogP contribution >= 0.6 is 0 Å². The summed E-state index contributed by atoms with van der Waals surface area (Å²) in [5.41, 5.74) is 3.05. The van der Waals surface area contributed by atoms with Gasteiger partial charge in [0.2, 0.25) is 5.91 Å². The first kappa shape index (κ1) is 16.0. The molecule has 3 nitrogen and oxygen atoms in total. The summed E-state index contributed by atoms with van der Waals surface area (Å²) in [5, 5.41) is 2.79. The zero-order valence-electron chi connectivity index (χ0n) is 12.9. The van der Waals surface area contributed by atoms with Crippen LogP contribution in [-0.2, 0) is 11.3 Å². The molecule has 0 radical (unpaired) electrons. The van der Waals surface area contributed by atoms with Crippen LogP contribution in [-0.4, -0.2) is 12.5 Å². The Hall–Kier alpha value is -2.36. The molecular formula is C18H20FNO2. The first-order valence-electron chi connectivity index (χ1n) is 7.26. The molecule has 0 spiro atoms. The maximum atomic E-state index is 12.8. The van der Waals surface area contributed by atoms with Crippen LogP contribution in [0.15, 0.2) is 42.5 Å². The lowest BCUT2D eigenvalue weighted by Gasteiger charge is -2.10. The molecule has 0 saturated carbocycles. The minimum Gasteiger partial charge on any atom is -0.493 e. The fraction of sp³-hybridized carbons (Fsp3) is 0.278. The highest BCUT2D eigenvalue weighted by Crippen LogP contribution is 2.19. The summed E-state index contributed by atoms with van der Waals surface area (Å²) in [4.78, 5) is 11.8. The zero-order valence-corrected chi connectivity index (χ0v) is 12.9. The summed E-state index contributed by atoms with van der Waals surface area (Å²) in [6.45, 7) is 4.70. The van der Waals surface area contributed by atoms with Crippen molar-refractivity contribution in [2.24, 2.45) is 0 Å². The number of nitrogens with one attached hydrogen (secondary N) is 1. The molecule has 2 rings (SSSR count). The number of benzene rings is 2. The third-order valence-electron chi connectivity index (χ3n) is 3.33. The van der Waals surface area contributed by atoms with Gasteiger partial charge in [-0.1, -0.05) is 24.3 Å². The number of carbonyl (C=O) groups excluding carboxylic acids is 1. The van der Waals surface area contributed by atoms with E-state index in [0.29, 0.717) is 13.2 Å². The van der Waals surface area contributed by atoms with Gasteiger partial charge in [-0.15, -0.1) is 0 Å². The number of rotatable bonds is 6. The number of amides is 1. The Morgan fingerprint density at radius 1 is 1.14 bits per heavy atom. The third kappa shape index (κ3) is 4.88. The molecule has 0 saturated heterocycles. The molecule has 0 heterocycles. The Labute approximate surface area is 130 Å². The summed E-state index contributed by atoms with van der Waals surface area (Å²) in [6.07, 6.45) is 0.286. The lowest BCUT2D eigenvalue weighted by atomic mass is 10.1. The number of ether oxygens (including phenoxy) is 1. The number of hydrogen-bond donors (Lipinski definition) is 1. The first-order valence-corrected chi connectivity index (χ1v) is 7.26. The van der Waals surface area contributed by atoms with Crippen molar-refractivity contribution in [3.05, 3.63) is 65.0 Å². The molecule has 0 bridgehead atoms. The minimum atomic E-state index is -0.281. The zero-order chi connectivity index (χ0) is 15.9. The number of hydrogen-bond acceptors (Lipinski definition) is 2. The van der Waals surface area contributed by atoms with Crippen molar-refractivity contribution in [1.29, 1.82) is 0 Å². The summed E-state index contributed by atoms with van der Waals surface area (Å²) in [5.74, 6) is 0.443. The van der Waals surface area contributed by atoms with E-state index in [1.807, 2.05) is 32.0 Å². The van der Waals surface area contributed by atoms with Gasteiger partial charge in [0, 0.05) is 6.54 Å². The van der Waals surface area contributed by atoms with Gasteiger partial charge >= 0.3 is 0 Å². The molecule has 1 amide bonds. The number of aryl methyl sites for hydroxylation is 2. The Balaban J connectivity index is 1.73. The van der Waals surface area contributed by atoms with Gasteiger partial charge in [0.1, 0.15) is 11.6 Å². The van der Waals surface area contributed by atoms with E-state index in [2.05, 4.69) is 5.32 Å². The number of carbonyl (C=O) groups is 1. The van der Waals surface area contributed by atoms with Crippen molar-refractivity contribution in [3.63, 3.8) is 0 Å². The van der Waals surface area contributed by atoms with Crippen LogP contribution in [0.1, 0.15) is 23.1 Å². The van der Waals surface area contributed by atoms with Crippen LogP contribution in [0.2, 0.25) is 0 Å². The van der Waals surface area contributed by atoms with Gasteiger partial charge in [0.05, 0.1) is 13.0 Å². The van der Waals surface area contributed by atoms with Gasteiger partial charge in [-0.25, -0.2) is 4.39 Å². The molecule has 2 aromatic carbocycles. The smallest absolute Gasteiger partial charge is 0.223 e. The molecule has 0 aromatic heterocycles. The van der Waals surface area contributed by atoms with Crippen molar-refractivity contribution in [2.75, 3.05) is 6.61 Å². The summed E-state index contributed by atoms with van der Waals surface area (Å²) >= 11 is 0. The van der Waals surface area contributed by atoms with Gasteiger partial charge in [0.25, 0.3) is 0 Å². The van der Waals surface area contributed by atoms with E-state index in [0.717, 1.165) is 22.4 Å². The van der Waals surface area contributed by atoms with E-state index in [-0.39, 0.29) is 18.1 Å². The van der Waals surface area contributed by atoms with Gasteiger partial charge in [-0.3, -0.25) is 4.79 Å². The summed E-state index contributed by atoms with van der Waals surface area (Å²) < 4.78 is 18.4. The molecule has 0 fully saturated rings. The third-order valence-corrected chi connectivity index (χ3v) is 3.33. The van der Waals surface area contributed by atoms with Crippen molar-refractivity contribution in [2.45, 2.75) is 26.8 Å². The van der Waals surface area contributed by atoms with Crippen LogP contribution in [0, 0.1) is 19.7 Å². The van der Waals surface area contributed by atoms with Gasteiger partial charge in [-0.2, -0.15) is 0 Å². The van der Waals surface area contributed by atoms with E-state index in [1.165, 1.54) is 12.1 Å².